The molecule has 0 bridgehead atoms. The van der Waals surface area contributed by atoms with E-state index < -0.39 is 0 Å². The van der Waals surface area contributed by atoms with E-state index in [4.69, 9.17) is 0 Å². The van der Waals surface area contributed by atoms with Crippen molar-refractivity contribution in [2.45, 2.75) is 13.0 Å². The Balaban J connectivity index is 1.43. The Bertz CT molecular complexity index is 1230. The number of H-pyrrole nitrogens is 1. The number of hydrogen-bond donors (Lipinski definition) is 2. The maximum absolute atomic E-state index is 11.9. The lowest BCUT2D eigenvalue weighted by molar-refractivity contribution is -0.120. The lowest BCUT2D eigenvalue weighted by Gasteiger charge is -2.19. The molecular weight excluding hydrogens is 458 g/mol. The minimum Gasteiger partial charge on any atom is -0.303 e. The second-order valence-corrected chi connectivity index (χ2v) is 8.36. The number of thioether (sulfide) groups is 1. The molecule has 1 aromatic carbocycles. The van der Waals surface area contributed by atoms with Crippen LogP contribution in [0.4, 0.5) is 5.69 Å². The first-order valence-corrected chi connectivity index (χ1v) is 11.2. The fourth-order valence-electron chi connectivity index (χ4n) is 3.37. The zero-order valence-corrected chi connectivity index (χ0v) is 18.8. The average molecular weight is 478 g/mol. The summed E-state index contributed by atoms with van der Waals surface area (Å²) in [5.41, 5.74) is 1.74. The zero-order valence-electron chi connectivity index (χ0n) is 18.0. The molecule has 0 saturated carbocycles. The molecule has 1 aromatic heterocycles. The Morgan fingerprint density at radius 3 is 2.50 bits per heavy atom. The zero-order chi connectivity index (χ0) is 24.1. The van der Waals surface area contributed by atoms with Crippen LogP contribution >= 0.6 is 11.8 Å². The number of nitrogens with one attached hydrogen (secondary N) is 2. The van der Waals surface area contributed by atoms with Gasteiger partial charge >= 0.3 is 0 Å². The van der Waals surface area contributed by atoms with Gasteiger partial charge in [-0.3, -0.25) is 19.2 Å². The van der Waals surface area contributed by atoms with E-state index in [-0.39, 0.29) is 29.5 Å². The number of amides is 3. The topological polar surface area (TPSA) is 150 Å². The van der Waals surface area contributed by atoms with Crippen molar-refractivity contribution in [1.82, 2.24) is 25.9 Å². The lowest BCUT2D eigenvalue weighted by Crippen LogP contribution is -2.29. The van der Waals surface area contributed by atoms with E-state index in [9.17, 15) is 19.2 Å². The maximum Gasteiger partial charge on any atom is 0.258 e. The van der Waals surface area contributed by atoms with Crippen molar-refractivity contribution in [2.24, 2.45) is 4.99 Å². The number of rotatable bonds is 8. The molecule has 3 amide bonds. The Morgan fingerprint density at radius 2 is 1.85 bits per heavy atom. The molecule has 11 nitrogen and oxygen atoms in total. The number of benzene rings is 1. The number of allylic oxidation sites excluding steroid dienone is 4. The van der Waals surface area contributed by atoms with Crippen LogP contribution in [0.2, 0.25) is 0 Å². The standard InChI is InChI=1S/C22H19N7O4S/c1-13(30)24-17-7-6-16(31)12-18(17)34-11-10-23-21(22-25-27-28-26-22)14-2-4-15(5-3-14)29-19(32)8-9-20(29)33/h2-9,12,21,23H,10-11H2,1H3,(H,25,26,27,28)/b24-17-. The molecule has 34 heavy (non-hydrogen) atoms. The minimum atomic E-state index is -0.389. The van der Waals surface area contributed by atoms with E-state index in [1.165, 1.54) is 49.1 Å². The quantitative estimate of drug-likeness (QED) is 0.323. The number of tetrazole rings is 1. The molecule has 0 radical (unpaired) electrons. The van der Waals surface area contributed by atoms with Crippen LogP contribution in [0.3, 0.4) is 0 Å². The fourth-order valence-corrected chi connectivity index (χ4v) is 4.27. The van der Waals surface area contributed by atoms with Gasteiger partial charge in [0, 0.05) is 42.4 Å². The number of aromatic amines is 1. The first kappa shape index (κ1) is 23.1. The first-order chi connectivity index (χ1) is 16.4. The molecule has 2 heterocycles. The molecule has 2 N–H and O–H groups in total. The van der Waals surface area contributed by atoms with Crippen molar-refractivity contribution in [1.29, 1.82) is 0 Å². The highest BCUT2D eigenvalue weighted by molar-refractivity contribution is 8.04. The van der Waals surface area contributed by atoms with Gasteiger partial charge in [-0.25, -0.2) is 15.0 Å². The van der Waals surface area contributed by atoms with Crippen molar-refractivity contribution >= 4 is 46.7 Å². The second kappa shape index (κ2) is 10.3. The summed E-state index contributed by atoms with van der Waals surface area (Å²) in [6, 6.07) is 6.54. The van der Waals surface area contributed by atoms with E-state index in [2.05, 4.69) is 30.9 Å². The van der Waals surface area contributed by atoms with E-state index in [1.807, 2.05) is 0 Å². The van der Waals surface area contributed by atoms with E-state index in [0.29, 0.717) is 34.4 Å². The summed E-state index contributed by atoms with van der Waals surface area (Å²) in [5.74, 6) is -0.213. The summed E-state index contributed by atoms with van der Waals surface area (Å²) in [7, 11) is 0. The first-order valence-electron chi connectivity index (χ1n) is 10.2. The van der Waals surface area contributed by atoms with Gasteiger partial charge in [0.25, 0.3) is 11.8 Å². The predicted octanol–water partition coefficient (Wildman–Crippen LogP) is 1.05. The summed E-state index contributed by atoms with van der Waals surface area (Å²) in [6.07, 6.45) is 6.83. The summed E-state index contributed by atoms with van der Waals surface area (Å²) < 4.78 is 0. The van der Waals surface area contributed by atoms with Gasteiger partial charge in [-0.15, -0.1) is 16.9 Å². The number of carbonyl (C=O) groups excluding carboxylic acids is 4. The van der Waals surface area contributed by atoms with Crippen LogP contribution in [-0.2, 0) is 19.2 Å². The summed E-state index contributed by atoms with van der Waals surface area (Å²) in [4.78, 5) is 52.6. The highest BCUT2D eigenvalue weighted by atomic mass is 32.2. The van der Waals surface area contributed by atoms with Gasteiger partial charge in [0.1, 0.15) is 0 Å². The Kier molecular flexibility index (Phi) is 6.99. The van der Waals surface area contributed by atoms with Crippen LogP contribution < -0.4 is 10.2 Å². The summed E-state index contributed by atoms with van der Waals surface area (Å²) in [6.45, 7) is 1.86. The molecule has 1 aliphatic carbocycles. The van der Waals surface area contributed by atoms with Gasteiger partial charge in [0.15, 0.2) is 11.6 Å². The number of carbonyl (C=O) groups is 4. The normalized spacial score (nSPS) is 17.6. The molecule has 12 heteroatoms. The smallest absolute Gasteiger partial charge is 0.258 e. The molecular formula is C22H19N7O4S. The van der Waals surface area contributed by atoms with Crippen molar-refractivity contribution in [3.63, 3.8) is 0 Å². The number of imide groups is 1. The number of ketones is 1. The van der Waals surface area contributed by atoms with Crippen LogP contribution in [0.25, 0.3) is 0 Å². The molecule has 2 aromatic rings. The third-order valence-electron chi connectivity index (χ3n) is 4.85. The Hall–Kier alpha value is -4.03. The molecule has 1 aliphatic heterocycles. The number of anilines is 1. The van der Waals surface area contributed by atoms with E-state index in [1.54, 1.807) is 24.3 Å². The molecule has 0 saturated heterocycles. The minimum absolute atomic E-state index is 0.158. The SMILES string of the molecule is CC(=O)/N=C1/C=CC(=O)C=C1SCCNC(c1ccc(N2C(=O)C=CC2=O)cc1)c1nnn[nH]1. The molecule has 0 spiro atoms. The van der Waals surface area contributed by atoms with Gasteiger partial charge in [0.2, 0.25) is 5.91 Å². The molecule has 4 rings (SSSR count). The largest absolute Gasteiger partial charge is 0.303 e. The van der Waals surface area contributed by atoms with Gasteiger partial charge < -0.3 is 5.32 Å². The van der Waals surface area contributed by atoms with Gasteiger partial charge in [-0.1, -0.05) is 12.1 Å². The van der Waals surface area contributed by atoms with Crippen LogP contribution in [0.1, 0.15) is 24.4 Å². The maximum atomic E-state index is 11.9. The molecule has 172 valence electrons. The number of aromatic nitrogens is 4. The lowest BCUT2D eigenvalue weighted by atomic mass is 10.1. The van der Waals surface area contributed by atoms with Gasteiger partial charge in [0.05, 0.1) is 17.4 Å². The average Bonchev–Trinajstić information content (AvgIpc) is 3.45. The van der Waals surface area contributed by atoms with E-state index >= 15 is 0 Å². The second-order valence-electron chi connectivity index (χ2n) is 7.22. The molecule has 0 fully saturated rings. The van der Waals surface area contributed by atoms with Crippen molar-refractivity contribution in [3.8, 4) is 0 Å². The van der Waals surface area contributed by atoms with Crippen molar-refractivity contribution in [2.75, 3.05) is 17.2 Å². The third kappa shape index (κ3) is 5.30. The number of hydrogen-bond acceptors (Lipinski definition) is 9. The van der Waals surface area contributed by atoms with Crippen LogP contribution in [-0.4, -0.2) is 62.1 Å². The van der Waals surface area contributed by atoms with Gasteiger partial charge in [-0.05, 0) is 40.3 Å². The van der Waals surface area contributed by atoms with Crippen molar-refractivity contribution < 1.29 is 19.2 Å². The van der Waals surface area contributed by atoms with Crippen LogP contribution in [0, 0.1) is 0 Å². The summed E-state index contributed by atoms with van der Waals surface area (Å²) in [5, 5.41) is 17.4. The number of aliphatic imine (C=N–C) groups is 1. The highest BCUT2D eigenvalue weighted by Gasteiger charge is 2.25. The van der Waals surface area contributed by atoms with E-state index in [0.717, 1.165) is 10.5 Å². The van der Waals surface area contributed by atoms with Crippen LogP contribution in [0.5, 0.6) is 0 Å². The molecule has 2 aliphatic rings. The third-order valence-corrected chi connectivity index (χ3v) is 5.89. The molecule has 1 atom stereocenters. The Morgan fingerprint density at radius 1 is 1.12 bits per heavy atom. The predicted molar refractivity (Wildman–Crippen MR) is 125 cm³/mol. The number of nitrogens with zero attached hydrogens (tertiary/aromatic N) is 5. The summed E-state index contributed by atoms with van der Waals surface area (Å²) >= 11 is 1.40. The van der Waals surface area contributed by atoms with Crippen LogP contribution in [0.15, 0.2) is 64.5 Å². The Labute approximate surface area is 198 Å². The van der Waals surface area contributed by atoms with Gasteiger partial charge in [-0.2, -0.15) is 0 Å². The fraction of sp³-hybridized carbons (Fsp3) is 0.182. The molecule has 1 unspecified atom stereocenters. The monoisotopic (exact) mass is 477 g/mol. The van der Waals surface area contributed by atoms with Crippen molar-refractivity contribution in [3.05, 3.63) is 70.9 Å². The highest BCUT2D eigenvalue weighted by Crippen LogP contribution is 2.25.